The number of aromatic nitrogens is 1. The molecule has 0 aliphatic rings. The number of rotatable bonds is 3. The van der Waals surface area contributed by atoms with E-state index in [0.29, 0.717) is 0 Å². The van der Waals surface area contributed by atoms with Gasteiger partial charge in [-0.3, -0.25) is 4.98 Å². The molecular weight excluding hydrogens is 190 g/mol. The summed E-state index contributed by atoms with van der Waals surface area (Å²) in [4.78, 5) is 5.58. The third kappa shape index (κ3) is 1.80. The molecule has 0 aliphatic carbocycles. The van der Waals surface area contributed by atoms with Crippen LogP contribution in [0, 0.1) is 0 Å². The summed E-state index contributed by atoms with van der Waals surface area (Å²) in [5.41, 5.74) is 1.06. The molecule has 0 amide bonds. The summed E-state index contributed by atoms with van der Waals surface area (Å²) >= 11 is 1.79. The fraction of sp³-hybridized carbons (Fsp3) is 0.0833. The van der Waals surface area contributed by atoms with Gasteiger partial charge in [-0.1, -0.05) is 24.3 Å². The molecule has 0 saturated carbocycles. The summed E-state index contributed by atoms with van der Waals surface area (Å²) in [5, 5.41) is 1.22. The molecule has 1 aromatic heterocycles. The van der Waals surface area contributed by atoms with Gasteiger partial charge in [0.2, 0.25) is 0 Å². The van der Waals surface area contributed by atoms with E-state index in [-0.39, 0.29) is 0 Å². The first-order valence-corrected chi connectivity index (χ1v) is 5.48. The monoisotopic (exact) mass is 201 g/mol. The number of hydrogen-bond acceptors (Lipinski definition) is 2. The zero-order valence-electron chi connectivity index (χ0n) is 7.81. The van der Waals surface area contributed by atoms with Crippen LogP contribution in [-0.2, 0) is 0 Å². The van der Waals surface area contributed by atoms with Gasteiger partial charge in [-0.05, 0) is 12.1 Å². The molecule has 0 aliphatic heterocycles. The van der Waals surface area contributed by atoms with Gasteiger partial charge >= 0.3 is 0 Å². The van der Waals surface area contributed by atoms with Gasteiger partial charge in [0.15, 0.2) is 0 Å². The van der Waals surface area contributed by atoms with Crippen LogP contribution in [0.5, 0.6) is 0 Å². The molecule has 0 atom stereocenters. The standard InChI is InChI=1S/C12H11NS/c1-2-9-14-12-7-8-13-11-6-4-3-5-10(11)12/h2-8H,1,9H2. The molecule has 0 saturated heterocycles. The van der Waals surface area contributed by atoms with Crippen molar-refractivity contribution in [3.63, 3.8) is 0 Å². The molecule has 0 unspecified atom stereocenters. The number of benzene rings is 1. The maximum Gasteiger partial charge on any atom is 0.0713 e. The molecule has 2 aromatic rings. The Balaban J connectivity index is 2.48. The minimum atomic E-state index is 0.938. The van der Waals surface area contributed by atoms with Gasteiger partial charge in [0.25, 0.3) is 0 Å². The lowest BCUT2D eigenvalue weighted by Gasteiger charge is -2.02. The van der Waals surface area contributed by atoms with E-state index in [1.165, 1.54) is 10.3 Å². The van der Waals surface area contributed by atoms with Crippen LogP contribution < -0.4 is 0 Å². The second kappa shape index (κ2) is 4.29. The van der Waals surface area contributed by atoms with E-state index in [1.807, 2.05) is 30.5 Å². The van der Waals surface area contributed by atoms with Crippen LogP contribution in [-0.4, -0.2) is 10.7 Å². The average Bonchev–Trinajstić information content (AvgIpc) is 2.26. The summed E-state index contributed by atoms with van der Waals surface area (Å²) in [6.45, 7) is 3.72. The second-order valence-electron chi connectivity index (χ2n) is 2.93. The molecule has 0 N–H and O–H groups in total. The van der Waals surface area contributed by atoms with E-state index >= 15 is 0 Å². The lowest BCUT2D eigenvalue weighted by molar-refractivity contribution is 1.35. The van der Waals surface area contributed by atoms with E-state index in [0.717, 1.165) is 11.3 Å². The molecule has 0 fully saturated rings. The Labute approximate surface area is 87.9 Å². The van der Waals surface area contributed by atoms with E-state index in [2.05, 4.69) is 23.7 Å². The van der Waals surface area contributed by atoms with Crippen LogP contribution in [0.4, 0.5) is 0 Å². The highest BCUT2D eigenvalue weighted by molar-refractivity contribution is 7.99. The number of pyridine rings is 1. The second-order valence-corrected chi connectivity index (χ2v) is 3.99. The van der Waals surface area contributed by atoms with Crippen molar-refractivity contribution in [3.05, 3.63) is 49.2 Å². The van der Waals surface area contributed by atoms with Crippen molar-refractivity contribution in [2.24, 2.45) is 0 Å². The third-order valence-electron chi connectivity index (χ3n) is 1.97. The number of hydrogen-bond donors (Lipinski definition) is 0. The van der Waals surface area contributed by atoms with Gasteiger partial charge in [0.1, 0.15) is 0 Å². The van der Waals surface area contributed by atoms with Crippen LogP contribution >= 0.6 is 11.8 Å². The molecule has 0 radical (unpaired) electrons. The Kier molecular flexibility index (Phi) is 2.84. The van der Waals surface area contributed by atoms with E-state index in [1.54, 1.807) is 11.8 Å². The van der Waals surface area contributed by atoms with Gasteiger partial charge in [-0.25, -0.2) is 0 Å². The molecule has 70 valence electrons. The summed E-state index contributed by atoms with van der Waals surface area (Å²) < 4.78 is 0. The van der Waals surface area contributed by atoms with Gasteiger partial charge in [0, 0.05) is 22.2 Å². The van der Waals surface area contributed by atoms with Crippen LogP contribution in [0.15, 0.2) is 54.1 Å². The van der Waals surface area contributed by atoms with Crippen molar-refractivity contribution in [3.8, 4) is 0 Å². The van der Waals surface area contributed by atoms with Gasteiger partial charge in [-0.2, -0.15) is 0 Å². The summed E-state index contributed by atoms with van der Waals surface area (Å²) in [5.74, 6) is 0.938. The Morgan fingerprint density at radius 2 is 2.14 bits per heavy atom. The predicted molar refractivity (Wildman–Crippen MR) is 62.7 cm³/mol. The van der Waals surface area contributed by atoms with Crippen LogP contribution in [0.3, 0.4) is 0 Å². The van der Waals surface area contributed by atoms with Crippen molar-refractivity contribution >= 4 is 22.7 Å². The van der Waals surface area contributed by atoms with Crippen LogP contribution in [0.1, 0.15) is 0 Å². The fourth-order valence-electron chi connectivity index (χ4n) is 1.34. The van der Waals surface area contributed by atoms with Gasteiger partial charge in [0.05, 0.1) is 5.52 Å². The Morgan fingerprint density at radius 3 is 3.00 bits per heavy atom. The van der Waals surface area contributed by atoms with Crippen LogP contribution in [0.25, 0.3) is 10.9 Å². The van der Waals surface area contributed by atoms with Crippen molar-refractivity contribution in [2.45, 2.75) is 4.90 Å². The highest BCUT2D eigenvalue weighted by Gasteiger charge is 1.99. The zero-order valence-corrected chi connectivity index (χ0v) is 8.63. The summed E-state index contributed by atoms with van der Waals surface area (Å²) in [6, 6.07) is 10.2. The smallest absolute Gasteiger partial charge is 0.0713 e. The number of thioether (sulfide) groups is 1. The predicted octanol–water partition coefficient (Wildman–Crippen LogP) is 3.51. The molecule has 1 nitrogen and oxygen atoms in total. The first-order chi connectivity index (χ1) is 6.92. The Morgan fingerprint density at radius 1 is 1.29 bits per heavy atom. The zero-order chi connectivity index (χ0) is 9.80. The molecule has 1 heterocycles. The minimum Gasteiger partial charge on any atom is -0.256 e. The first-order valence-electron chi connectivity index (χ1n) is 4.49. The normalized spacial score (nSPS) is 10.3. The molecule has 0 bridgehead atoms. The largest absolute Gasteiger partial charge is 0.256 e. The fourth-order valence-corrected chi connectivity index (χ4v) is 2.13. The van der Waals surface area contributed by atoms with E-state index < -0.39 is 0 Å². The minimum absolute atomic E-state index is 0.938. The average molecular weight is 201 g/mol. The lowest BCUT2D eigenvalue weighted by atomic mass is 10.2. The molecule has 2 heteroatoms. The van der Waals surface area contributed by atoms with Crippen molar-refractivity contribution < 1.29 is 0 Å². The quantitative estimate of drug-likeness (QED) is 0.556. The van der Waals surface area contributed by atoms with E-state index in [9.17, 15) is 0 Å². The Bertz CT molecular complexity index is 446. The number of para-hydroxylation sites is 1. The topological polar surface area (TPSA) is 12.9 Å². The third-order valence-corrected chi connectivity index (χ3v) is 3.04. The van der Waals surface area contributed by atoms with Gasteiger partial charge < -0.3 is 0 Å². The summed E-state index contributed by atoms with van der Waals surface area (Å²) in [6.07, 6.45) is 3.77. The summed E-state index contributed by atoms with van der Waals surface area (Å²) in [7, 11) is 0. The Hall–Kier alpha value is -1.28. The molecule has 0 spiro atoms. The highest BCUT2D eigenvalue weighted by atomic mass is 32.2. The number of nitrogens with zero attached hydrogens (tertiary/aromatic N) is 1. The maximum atomic E-state index is 4.31. The van der Waals surface area contributed by atoms with Crippen molar-refractivity contribution in [1.82, 2.24) is 4.98 Å². The first kappa shape index (κ1) is 9.28. The molecule has 14 heavy (non-hydrogen) atoms. The van der Waals surface area contributed by atoms with Crippen molar-refractivity contribution in [1.29, 1.82) is 0 Å². The van der Waals surface area contributed by atoms with Gasteiger partial charge in [-0.15, -0.1) is 18.3 Å². The van der Waals surface area contributed by atoms with Crippen molar-refractivity contribution in [2.75, 3.05) is 5.75 Å². The lowest BCUT2D eigenvalue weighted by Crippen LogP contribution is -1.81. The van der Waals surface area contributed by atoms with Crippen LogP contribution in [0.2, 0.25) is 0 Å². The molecular formula is C12H11NS. The molecule has 2 rings (SSSR count). The van der Waals surface area contributed by atoms with E-state index in [4.69, 9.17) is 0 Å². The maximum absolute atomic E-state index is 4.31. The molecule has 1 aromatic carbocycles. The highest BCUT2D eigenvalue weighted by Crippen LogP contribution is 2.25. The number of fused-ring (bicyclic) bond motifs is 1. The SMILES string of the molecule is C=CCSc1ccnc2ccccc12.